The summed E-state index contributed by atoms with van der Waals surface area (Å²) in [5.41, 5.74) is 0.876. The molecule has 0 unspecified atom stereocenters. The molecule has 0 saturated heterocycles. The first kappa shape index (κ1) is 13.9. The summed E-state index contributed by atoms with van der Waals surface area (Å²) in [6.07, 6.45) is 3.34. The lowest BCUT2D eigenvalue weighted by atomic mass is 10.3. The molecule has 0 aliphatic carbocycles. The van der Waals surface area contributed by atoms with Gasteiger partial charge in [0.1, 0.15) is 0 Å². The molecule has 0 aliphatic heterocycles. The highest BCUT2D eigenvalue weighted by Gasteiger charge is 2.19. The maximum Gasteiger partial charge on any atom is 0.237 e. The van der Waals surface area contributed by atoms with Crippen molar-refractivity contribution in [1.29, 1.82) is 0 Å². The zero-order chi connectivity index (χ0) is 14.7. The average molecular weight is 316 g/mol. The van der Waals surface area contributed by atoms with Gasteiger partial charge in [0.2, 0.25) is 8.87 Å². The summed E-state index contributed by atoms with van der Waals surface area (Å²) in [6.45, 7) is 0. The van der Waals surface area contributed by atoms with Gasteiger partial charge in [-0.1, -0.05) is 36.4 Å². The lowest BCUT2D eigenvalue weighted by Crippen LogP contribution is -2.00. The highest BCUT2D eigenvalue weighted by Crippen LogP contribution is 2.30. The van der Waals surface area contributed by atoms with Crippen LogP contribution in [0.5, 0.6) is 0 Å². The third-order valence-corrected chi connectivity index (χ3v) is 6.06. The van der Waals surface area contributed by atoms with E-state index in [1.807, 2.05) is 30.3 Å². The number of benzene rings is 2. The van der Waals surface area contributed by atoms with E-state index < -0.39 is 8.87 Å². The van der Waals surface area contributed by atoms with E-state index in [2.05, 4.69) is 4.98 Å². The summed E-state index contributed by atoms with van der Waals surface area (Å²) < 4.78 is 26.5. The van der Waals surface area contributed by atoms with Gasteiger partial charge in [0, 0.05) is 28.9 Å². The molecule has 2 aromatic carbocycles. The van der Waals surface area contributed by atoms with Crippen LogP contribution in [0.15, 0.2) is 83.1 Å². The highest BCUT2D eigenvalue weighted by atomic mass is 33.1. The molecular weight excluding hydrogens is 304 g/mol. The molecule has 0 amide bonds. The zero-order valence-corrected chi connectivity index (χ0v) is 12.6. The molecule has 1 heterocycles. The maximum atomic E-state index is 12.4. The minimum absolute atomic E-state index is 0.276. The fraction of sp³-hybridized carbons (Fsp3) is 0. The number of imidazole rings is 1. The second-order valence-corrected chi connectivity index (χ2v) is 7.99. The molecule has 6 heteroatoms. The van der Waals surface area contributed by atoms with Gasteiger partial charge in [-0.05, 0) is 24.3 Å². The van der Waals surface area contributed by atoms with Crippen LogP contribution in [0.2, 0.25) is 0 Å². The van der Waals surface area contributed by atoms with E-state index >= 15 is 0 Å². The van der Waals surface area contributed by atoms with Gasteiger partial charge in [0.25, 0.3) is 0 Å². The van der Waals surface area contributed by atoms with E-state index in [1.165, 1.54) is 0 Å². The average Bonchev–Trinajstić information content (AvgIpc) is 2.96. The quantitative estimate of drug-likeness (QED) is 0.693. The Bertz CT molecular complexity index is 828. The minimum atomic E-state index is -3.48. The second-order valence-electron chi connectivity index (χ2n) is 4.27. The van der Waals surface area contributed by atoms with Gasteiger partial charge in [-0.2, -0.15) is 0 Å². The molecule has 0 fully saturated rings. The Morgan fingerprint density at radius 2 is 1.52 bits per heavy atom. The Balaban J connectivity index is 1.96. The number of rotatable bonds is 4. The van der Waals surface area contributed by atoms with Crippen LogP contribution < -0.4 is 0 Å². The van der Waals surface area contributed by atoms with Crippen LogP contribution in [0, 0.1) is 0 Å². The predicted octanol–water partition coefficient (Wildman–Crippen LogP) is 3.35. The molecule has 106 valence electrons. The Labute approximate surface area is 126 Å². The van der Waals surface area contributed by atoms with E-state index in [1.54, 1.807) is 47.3 Å². The summed E-state index contributed by atoms with van der Waals surface area (Å²) in [6, 6.07) is 17.9. The van der Waals surface area contributed by atoms with Gasteiger partial charge >= 0.3 is 0 Å². The zero-order valence-electron chi connectivity index (χ0n) is 11.0. The molecule has 0 bridgehead atoms. The fourth-order valence-corrected chi connectivity index (χ4v) is 4.58. The SMILES string of the molecule is O=S(=O)(Sc1nccn1-c1ccccc1)c1ccccc1. The van der Waals surface area contributed by atoms with Crippen LogP contribution in [0.25, 0.3) is 5.69 Å². The predicted molar refractivity (Wildman–Crippen MR) is 83.0 cm³/mol. The topological polar surface area (TPSA) is 52.0 Å². The van der Waals surface area contributed by atoms with Crippen molar-refractivity contribution in [2.75, 3.05) is 0 Å². The summed E-state index contributed by atoms with van der Waals surface area (Å²) in [5, 5.41) is 0.421. The van der Waals surface area contributed by atoms with Gasteiger partial charge in [-0.15, -0.1) is 0 Å². The van der Waals surface area contributed by atoms with Gasteiger partial charge in [0.15, 0.2) is 5.16 Å². The van der Waals surface area contributed by atoms with E-state index in [4.69, 9.17) is 0 Å². The van der Waals surface area contributed by atoms with Crippen molar-refractivity contribution in [2.24, 2.45) is 0 Å². The first-order valence-electron chi connectivity index (χ1n) is 6.25. The summed E-state index contributed by atoms with van der Waals surface area (Å²) in [5.74, 6) is 0. The van der Waals surface area contributed by atoms with Crippen molar-refractivity contribution in [3.05, 3.63) is 73.1 Å². The molecule has 4 nitrogen and oxygen atoms in total. The fourth-order valence-electron chi connectivity index (χ4n) is 1.87. The molecule has 1 aromatic heterocycles. The second kappa shape index (κ2) is 5.75. The number of nitrogens with zero attached hydrogens (tertiary/aromatic N) is 2. The van der Waals surface area contributed by atoms with Crippen LogP contribution in [-0.2, 0) is 8.87 Å². The molecule has 0 aliphatic rings. The van der Waals surface area contributed by atoms with Crippen molar-refractivity contribution in [3.63, 3.8) is 0 Å². The van der Waals surface area contributed by atoms with Crippen LogP contribution in [0.4, 0.5) is 0 Å². The highest BCUT2D eigenvalue weighted by molar-refractivity contribution is 8.72. The first-order chi connectivity index (χ1) is 10.2. The molecule has 0 N–H and O–H groups in total. The van der Waals surface area contributed by atoms with Crippen LogP contribution in [-0.4, -0.2) is 18.0 Å². The van der Waals surface area contributed by atoms with Crippen molar-refractivity contribution in [2.45, 2.75) is 10.1 Å². The molecule has 0 atom stereocenters. The smallest absolute Gasteiger partial charge is 0.237 e. The lowest BCUT2D eigenvalue weighted by molar-refractivity contribution is 0.610. The molecule has 3 aromatic rings. The third kappa shape index (κ3) is 3.01. The van der Waals surface area contributed by atoms with Crippen molar-refractivity contribution in [1.82, 2.24) is 9.55 Å². The summed E-state index contributed by atoms with van der Waals surface area (Å²) in [4.78, 5) is 4.43. The summed E-state index contributed by atoms with van der Waals surface area (Å²) in [7, 11) is -2.73. The molecule has 3 rings (SSSR count). The van der Waals surface area contributed by atoms with Gasteiger partial charge in [-0.3, -0.25) is 4.57 Å². The molecule has 0 saturated carbocycles. The van der Waals surface area contributed by atoms with Gasteiger partial charge in [-0.25, -0.2) is 13.4 Å². The standard InChI is InChI=1S/C15H12N2O2S2/c18-21(19,14-9-5-2-6-10-14)20-15-16-11-12-17(15)13-7-3-1-4-8-13/h1-12H. The maximum absolute atomic E-state index is 12.4. The molecule has 21 heavy (non-hydrogen) atoms. The van der Waals surface area contributed by atoms with E-state index in [0.29, 0.717) is 5.16 Å². The normalized spacial score (nSPS) is 11.4. The van der Waals surface area contributed by atoms with E-state index in [9.17, 15) is 8.42 Å². The first-order valence-corrected chi connectivity index (χ1v) is 9.07. The Hall–Kier alpha value is -2.05. The van der Waals surface area contributed by atoms with Gasteiger partial charge < -0.3 is 0 Å². The van der Waals surface area contributed by atoms with Crippen LogP contribution >= 0.6 is 10.8 Å². The monoisotopic (exact) mass is 316 g/mol. The van der Waals surface area contributed by atoms with Crippen molar-refractivity contribution < 1.29 is 8.42 Å². The van der Waals surface area contributed by atoms with Crippen molar-refractivity contribution >= 4 is 19.7 Å². The Morgan fingerprint density at radius 3 is 2.19 bits per heavy atom. The van der Waals surface area contributed by atoms with Crippen LogP contribution in [0.1, 0.15) is 0 Å². The minimum Gasteiger partial charge on any atom is -0.294 e. The number of hydrogen-bond donors (Lipinski definition) is 0. The Kier molecular flexibility index (Phi) is 3.81. The third-order valence-electron chi connectivity index (χ3n) is 2.86. The number of para-hydroxylation sites is 1. The van der Waals surface area contributed by atoms with E-state index in [-0.39, 0.29) is 4.90 Å². The lowest BCUT2D eigenvalue weighted by Gasteiger charge is -2.07. The number of hydrogen-bond acceptors (Lipinski definition) is 4. The van der Waals surface area contributed by atoms with Gasteiger partial charge in [0.05, 0.1) is 4.90 Å². The summed E-state index contributed by atoms with van der Waals surface area (Å²) >= 11 is 0. The largest absolute Gasteiger partial charge is 0.294 e. The molecule has 0 spiro atoms. The molecule has 0 radical (unpaired) electrons. The molecular formula is C15H12N2O2S2. The van der Waals surface area contributed by atoms with E-state index in [0.717, 1.165) is 16.5 Å². The number of aromatic nitrogens is 2. The van der Waals surface area contributed by atoms with Crippen LogP contribution in [0.3, 0.4) is 0 Å². The Morgan fingerprint density at radius 1 is 0.905 bits per heavy atom. The van der Waals surface area contributed by atoms with Crippen molar-refractivity contribution in [3.8, 4) is 5.69 Å².